The smallest absolute Gasteiger partial charge is 0.239 e. The normalized spacial score (nSPS) is 17.5. The van der Waals surface area contributed by atoms with Gasteiger partial charge < -0.3 is 15.0 Å². The lowest BCUT2D eigenvalue weighted by Crippen LogP contribution is -2.47. The Morgan fingerprint density at radius 1 is 1.21 bits per heavy atom. The van der Waals surface area contributed by atoms with Crippen molar-refractivity contribution in [2.75, 3.05) is 32.8 Å². The van der Waals surface area contributed by atoms with Gasteiger partial charge in [-0.05, 0) is 45.6 Å². The summed E-state index contributed by atoms with van der Waals surface area (Å²) in [6, 6.07) is -0.0614. The molecule has 0 aromatic carbocycles. The SMILES string of the molecule is CCCCOCCCNC(C)C(=O)N1CCCCC1. The minimum absolute atomic E-state index is 0.0614. The molecule has 1 aliphatic heterocycles. The van der Waals surface area contributed by atoms with E-state index in [1.54, 1.807) is 0 Å². The summed E-state index contributed by atoms with van der Waals surface area (Å²) in [6.45, 7) is 8.51. The van der Waals surface area contributed by atoms with Crippen molar-refractivity contribution in [3.05, 3.63) is 0 Å². The van der Waals surface area contributed by atoms with Gasteiger partial charge in [0.25, 0.3) is 0 Å². The van der Waals surface area contributed by atoms with Gasteiger partial charge in [-0.25, -0.2) is 0 Å². The molecule has 1 rings (SSSR count). The van der Waals surface area contributed by atoms with Gasteiger partial charge in [0.1, 0.15) is 0 Å². The predicted molar refractivity (Wildman–Crippen MR) is 78.2 cm³/mol. The molecule has 0 aliphatic carbocycles. The van der Waals surface area contributed by atoms with Gasteiger partial charge >= 0.3 is 0 Å². The number of rotatable bonds is 9. The molecule has 0 bridgehead atoms. The number of carbonyl (C=O) groups excluding carboxylic acids is 1. The van der Waals surface area contributed by atoms with Gasteiger partial charge in [0.05, 0.1) is 6.04 Å². The second-order valence-electron chi connectivity index (χ2n) is 5.38. The van der Waals surface area contributed by atoms with Gasteiger partial charge in [0.15, 0.2) is 0 Å². The van der Waals surface area contributed by atoms with Crippen LogP contribution in [-0.4, -0.2) is 49.7 Å². The lowest BCUT2D eigenvalue weighted by Gasteiger charge is -2.29. The van der Waals surface area contributed by atoms with Crippen molar-refractivity contribution >= 4 is 5.91 Å². The number of ether oxygens (including phenoxy) is 1. The molecular weight excluding hydrogens is 240 g/mol. The van der Waals surface area contributed by atoms with Crippen LogP contribution in [0.5, 0.6) is 0 Å². The third-order valence-corrected chi connectivity index (χ3v) is 3.60. The molecule has 0 saturated carbocycles. The van der Waals surface area contributed by atoms with Crippen molar-refractivity contribution < 1.29 is 9.53 Å². The van der Waals surface area contributed by atoms with Gasteiger partial charge in [-0.1, -0.05) is 13.3 Å². The first-order chi connectivity index (χ1) is 9.25. The van der Waals surface area contributed by atoms with E-state index in [9.17, 15) is 4.79 Å². The maximum atomic E-state index is 12.1. The Morgan fingerprint density at radius 3 is 2.58 bits per heavy atom. The second kappa shape index (κ2) is 10.2. The number of hydrogen-bond donors (Lipinski definition) is 1. The Labute approximate surface area is 117 Å². The average molecular weight is 270 g/mol. The van der Waals surface area contributed by atoms with Crippen LogP contribution in [0, 0.1) is 0 Å². The van der Waals surface area contributed by atoms with Gasteiger partial charge in [-0.2, -0.15) is 0 Å². The number of likely N-dealkylation sites (tertiary alicyclic amines) is 1. The summed E-state index contributed by atoms with van der Waals surface area (Å²) in [6.07, 6.45) is 6.87. The number of amides is 1. The van der Waals surface area contributed by atoms with Gasteiger partial charge in [0, 0.05) is 26.3 Å². The van der Waals surface area contributed by atoms with Gasteiger partial charge in [-0.15, -0.1) is 0 Å². The fourth-order valence-corrected chi connectivity index (χ4v) is 2.32. The summed E-state index contributed by atoms with van der Waals surface area (Å²) in [5.74, 6) is 0.256. The summed E-state index contributed by atoms with van der Waals surface area (Å²) in [4.78, 5) is 14.1. The lowest BCUT2D eigenvalue weighted by atomic mass is 10.1. The van der Waals surface area contributed by atoms with Gasteiger partial charge in [0.2, 0.25) is 5.91 Å². The molecule has 4 nitrogen and oxygen atoms in total. The van der Waals surface area contributed by atoms with Crippen molar-refractivity contribution in [2.24, 2.45) is 0 Å². The topological polar surface area (TPSA) is 41.6 Å². The minimum atomic E-state index is -0.0614. The van der Waals surface area contributed by atoms with Crippen molar-refractivity contribution in [3.8, 4) is 0 Å². The molecule has 1 saturated heterocycles. The molecule has 1 unspecified atom stereocenters. The first kappa shape index (κ1) is 16.4. The van der Waals surface area contributed by atoms with Crippen LogP contribution in [0.2, 0.25) is 0 Å². The first-order valence-electron chi connectivity index (χ1n) is 7.85. The highest BCUT2D eigenvalue weighted by molar-refractivity contribution is 5.81. The Hall–Kier alpha value is -0.610. The predicted octanol–water partition coefficient (Wildman–Crippen LogP) is 2.18. The zero-order valence-corrected chi connectivity index (χ0v) is 12.6. The number of hydrogen-bond acceptors (Lipinski definition) is 3. The number of nitrogens with one attached hydrogen (secondary N) is 1. The Balaban J connectivity index is 2.03. The standard InChI is InChI=1S/C15H30N2O2/c1-3-4-12-19-13-8-9-16-14(2)15(18)17-10-6-5-7-11-17/h14,16H,3-13H2,1-2H3. The van der Waals surface area contributed by atoms with Crippen LogP contribution < -0.4 is 5.32 Å². The van der Waals surface area contributed by atoms with Crippen molar-refractivity contribution in [1.82, 2.24) is 10.2 Å². The summed E-state index contributed by atoms with van der Waals surface area (Å²) < 4.78 is 5.50. The molecule has 1 fully saturated rings. The third-order valence-electron chi connectivity index (χ3n) is 3.60. The molecule has 0 aromatic rings. The van der Waals surface area contributed by atoms with E-state index in [1.807, 2.05) is 11.8 Å². The average Bonchev–Trinajstić information content (AvgIpc) is 2.46. The zero-order valence-electron chi connectivity index (χ0n) is 12.6. The third kappa shape index (κ3) is 6.92. The molecule has 0 spiro atoms. The van der Waals surface area contributed by atoms with Gasteiger partial charge in [-0.3, -0.25) is 4.79 Å². The number of carbonyl (C=O) groups is 1. The van der Waals surface area contributed by atoms with Crippen LogP contribution in [-0.2, 0) is 9.53 Å². The molecule has 1 atom stereocenters. The maximum Gasteiger partial charge on any atom is 0.239 e. The van der Waals surface area contributed by atoms with Crippen LogP contribution in [0.25, 0.3) is 0 Å². The summed E-state index contributed by atoms with van der Waals surface area (Å²) in [5.41, 5.74) is 0. The van der Waals surface area contributed by atoms with Crippen molar-refractivity contribution in [2.45, 2.75) is 58.4 Å². The van der Waals surface area contributed by atoms with Crippen LogP contribution in [0.15, 0.2) is 0 Å². The van der Waals surface area contributed by atoms with Crippen LogP contribution >= 0.6 is 0 Å². The largest absolute Gasteiger partial charge is 0.381 e. The molecular formula is C15H30N2O2. The van der Waals surface area contributed by atoms with Crippen molar-refractivity contribution in [3.63, 3.8) is 0 Å². The van der Waals surface area contributed by atoms with E-state index in [2.05, 4.69) is 12.2 Å². The highest BCUT2D eigenvalue weighted by Crippen LogP contribution is 2.09. The second-order valence-corrected chi connectivity index (χ2v) is 5.38. The van der Waals surface area contributed by atoms with Crippen LogP contribution in [0.4, 0.5) is 0 Å². The number of piperidine rings is 1. The van der Waals surface area contributed by atoms with Crippen molar-refractivity contribution in [1.29, 1.82) is 0 Å². The molecule has 0 radical (unpaired) electrons. The van der Waals surface area contributed by atoms with E-state index in [0.717, 1.165) is 58.5 Å². The van der Waals surface area contributed by atoms with Crippen LogP contribution in [0.3, 0.4) is 0 Å². The zero-order chi connectivity index (χ0) is 13.9. The van der Waals surface area contributed by atoms with E-state index in [0.29, 0.717) is 0 Å². The molecule has 112 valence electrons. The molecule has 1 heterocycles. The lowest BCUT2D eigenvalue weighted by molar-refractivity contribution is -0.133. The monoisotopic (exact) mass is 270 g/mol. The Bertz CT molecular complexity index is 240. The molecule has 1 amide bonds. The quantitative estimate of drug-likeness (QED) is 0.653. The Morgan fingerprint density at radius 2 is 1.89 bits per heavy atom. The molecule has 0 aromatic heterocycles. The number of unbranched alkanes of at least 4 members (excludes halogenated alkanes) is 1. The highest BCUT2D eigenvalue weighted by atomic mass is 16.5. The Kier molecular flexibility index (Phi) is 8.84. The molecule has 1 aliphatic rings. The maximum absolute atomic E-state index is 12.1. The van der Waals surface area contributed by atoms with E-state index >= 15 is 0 Å². The van der Waals surface area contributed by atoms with E-state index in [1.165, 1.54) is 12.8 Å². The molecule has 19 heavy (non-hydrogen) atoms. The summed E-state index contributed by atoms with van der Waals surface area (Å²) in [7, 11) is 0. The van der Waals surface area contributed by atoms with E-state index in [4.69, 9.17) is 4.74 Å². The van der Waals surface area contributed by atoms with E-state index in [-0.39, 0.29) is 11.9 Å². The molecule has 1 N–H and O–H groups in total. The summed E-state index contributed by atoms with van der Waals surface area (Å²) in [5, 5.41) is 3.30. The van der Waals surface area contributed by atoms with Crippen LogP contribution in [0.1, 0.15) is 52.4 Å². The first-order valence-corrected chi connectivity index (χ1v) is 7.85. The fourth-order valence-electron chi connectivity index (χ4n) is 2.32. The fraction of sp³-hybridized carbons (Fsp3) is 0.933. The number of nitrogens with zero attached hydrogens (tertiary/aromatic N) is 1. The van der Waals surface area contributed by atoms with E-state index < -0.39 is 0 Å². The molecule has 4 heteroatoms. The minimum Gasteiger partial charge on any atom is -0.381 e. The highest BCUT2D eigenvalue weighted by Gasteiger charge is 2.21. The summed E-state index contributed by atoms with van der Waals surface area (Å²) >= 11 is 0.